The Balaban J connectivity index is 2.56. The van der Waals surface area contributed by atoms with Crippen molar-refractivity contribution < 1.29 is 4.79 Å². The maximum absolute atomic E-state index is 11.6. The number of rotatable bonds is 5. The summed E-state index contributed by atoms with van der Waals surface area (Å²) in [5.74, 6) is -0.148. The van der Waals surface area contributed by atoms with E-state index in [1.54, 1.807) is 17.1 Å². The Morgan fingerprint density at radius 1 is 1.62 bits per heavy atom. The van der Waals surface area contributed by atoms with E-state index in [0.717, 1.165) is 6.42 Å². The van der Waals surface area contributed by atoms with Crippen LogP contribution in [0.2, 0.25) is 0 Å². The SMILES string of the molecule is CCC[C@H](N)C(=O)Nc1cnn(C(C)C)c1. The third-order valence-corrected chi connectivity index (χ3v) is 2.33. The van der Waals surface area contributed by atoms with Crippen LogP contribution in [0.4, 0.5) is 5.69 Å². The third-order valence-electron chi connectivity index (χ3n) is 2.33. The molecule has 0 bridgehead atoms. The van der Waals surface area contributed by atoms with Crippen LogP contribution in [0.25, 0.3) is 0 Å². The first kappa shape index (κ1) is 12.7. The molecule has 0 unspecified atom stereocenters. The molecule has 3 N–H and O–H groups in total. The first-order valence-electron chi connectivity index (χ1n) is 5.65. The zero-order chi connectivity index (χ0) is 12.1. The molecule has 90 valence electrons. The van der Waals surface area contributed by atoms with Gasteiger partial charge in [-0.1, -0.05) is 13.3 Å². The van der Waals surface area contributed by atoms with Crippen molar-refractivity contribution in [2.75, 3.05) is 5.32 Å². The Kier molecular flexibility index (Phi) is 4.49. The lowest BCUT2D eigenvalue weighted by atomic mass is 10.2. The van der Waals surface area contributed by atoms with Crippen LogP contribution in [-0.4, -0.2) is 21.7 Å². The number of hydrogen-bond acceptors (Lipinski definition) is 3. The van der Waals surface area contributed by atoms with Gasteiger partial charge in [-0.15, -0.1) is 0 Å². The second kappa shape index (κ2) is 5.65. The fourth-order valence-electron chi connectivity index (χ4n) is 1.36. The second-order valence-corrected chi connectivity index (χ2v) is 4.19. The van der Waals surface area contributed by atoms with Gasteiger partial charge in [0, 0.05) is 12.2 Å². The molecule has 0 aromatic carbocycles. The summed E-state index contributed by atoms with van der Waals surface area (Å²) in [6.45, 7) is 6.06. The van der Waals surface area contributed by atoms with Crippen molar-refractivity contribution in [1.82, 2.24) is 9.78 Å². The number of carbonyl (C=O) groups is 1. The van der Waals surface area contributed by atoms with Gasteiger partial charge < -0.3 is 11.1 Å². The molecule has 1 aromatic heterocycles. The zero-order valence-electron chi connectivity index (χ0n) is 10.1. The number of nitrogens with one attached hydrogen (secondary N) is 1. The standard InChI is InChI=1S/C11H20N4O/c1-4-5-10(12)11(16)14-9-6-13-15(7-9)8(2)3/h6-8,10H,4-5,12H2,1-3H3,(H,14,16)/t10-/m0/s1. The largest absolute Gasteiger partial charge is 0.322 e. The van der Waals surface area contributed by atoms with Crippen LogP contribution >= 0.6 is 0 Å². The lowest BCUT2D eigenvalue weighted by molar-refractivity contribution is -0.117. The summed E-state index contributed by atoms with van der Waals surface area (Å²) in [5, 5.41) is 6.89. The summed E-state index contributed by atoms with van der Waals surface area (Å²) >= 11 is 0. The predicted molar refractivity (Wildman–Crippen MR) is 64.1 cm³/mol. The minimum atomic E-state index is -0.438. The van der Waals surface area contributed by atoms with Gasteiger partial charge in [0.2, 0.25) is 5.91 Å². The van der Waals surface area contributed by atoms with E-state index in [1.807, 2.05) is 20.8 Å². The highest BCUT2D eigenvalue weighted by molar-refractivity contribution is 5.94. The molecule has 0 aliphatic rings. The minimum Gasteiger partial charge on any atom is -0.322 e. The average molecular weight is 224 g/mol. The molecule has 1 aromatic rings. The number of anilines is 1. The molecule has 0 saturated carbocycles. The molecular formula is C11H20N4O. The second-order valence-electron chi connectivity index (χ2n) is 4.19. The first-order valence-corrected chi connectivity index (χ1v) is 5.65. The molecule has 1 rings (SSSR count). The van der Waals surface area contributed by atoms with Gasteiger partial charge in [-0.3, -0.25) is 9.48 Å². The first-order chi connectivity index (χ1) is 7.54. The van der Waals surface area contributed by atoms with Crippen LogP contribution in [0.15, 0.2) is 12.4 Å². The topological polar surface area (TPSA) is 72.9 Å². The van der Waals surface area contributed by atoms with Gasteiger partial charge in [0.25, 0.3) is 0 Å². The van der Waals surface area contributed by atoms with Gasteiger partial charge in [0.15, 0.2) is 0 Å². The molecule has 1 heterocycles. The Morgan fingerprint density at radius 3 is 2.81 bits per heavy atom. The van der Waals surface area contributed by atoms with Crippen molar-refractivity contribution >= 4 is 11.6 Å². The molecule has 0 fully saturated rings. The van der Waals surface area contributed by atoms with Crippen LogP contribution in [0.1, 0.15) is 39.7 Å². The number of hydrogen-bond donors (Lipinski definition) is 2. The van der Waals surface area contributed by atoms with Gasteiger partial charge in [-0.25, -0.2) is 0 Å². The number of aromatic nitrogens is 2. The summed E-state index contributed by atoms with van der Waals surface area (Å²) in [7, 11) is 0. The van der Waals surface area contributed by atoms with Crippen molar-refractivity contribution in [3.63, 3.8) is 0 Å². The fraction of sp³-hybridized carbons (Fsp3) is 0.636. The zero-order valence-corrected chi connectivity index (χ0v) is 10.1. The summed E-state index contributed by atoms with van der Waals surface area (Å²) in [6, 6.07) is -0.151. The maximum Gasteiger partial charge on any atom is 0.241 e. The van der Waals surface area contributed by atoms with Crippen LogP contribution < -0.4 is 11.1 Å². The van der Waals surface area contributed by atoms with Crippen LogP contribution in [0.5, 0.6) is 0 Å². The van der Waals surface area contributed by atoms with E-state index in [2.05, 4.69) is 10.4 Å². The predicted octanol–water partition coefficient (Wildman–Crippen LogP) is 1.53. The van der Waals surface area contributed by atoms with Crippen molar-refractivity contribution in [1.29, 1.82) is 0 Å². The molecule has 0 aliphatic carbocycles. The molecule has 0 aliphatic heterocycles. The fourth-order valence-corrected chi connectivity index (χ4v) is 1.36. The molecule has 0 saturated heterocycles. The van der Waals surface area contributed by atoms with Crippen molar-refractivity contribution in [3.05, 3.63) is 12.4 Å². The van der Waals surface area contributed by atoms with Gasteiger partial charge in [-0.2, -0.15) is 5.10 Å². The van der Waals surface area contributed by atoms with Crippen molar-refractivity contribution in [2.45, 2.75) is 45.7 Å². The molecule has 0 radical (unpaired) electrons. The minimum absolute atomic E-state index is 0.148. The molecule has 1 amide bonds. The molecule has 16 heavy (non-hydrogen) atoms. The van der Waals surface area contributed by atoms with E-state index in [9.17, 15) is 4.79 Å². The summed E-state index contributed by atoms with van der Waals surface area (Å²) in [6.07, 6.45) is 5.04. The van der Waals surface area contributed by atoms with E-state index in [0.29, 0.717) is 12.1 Å². The molecular weight excluding hydrogens is 204 g/mol. The number of carbonyl (C=O) groups excluding carboxylic acids is 1. The van der Waals surface area contributed by atoms with E-state index in [4.69, 9.17) is 5.73 Å². The number of amides is 1. The van der Waals surface area contributed by atoms with Gasteiger partial charge >= 0.3 is 0 Å². The highest BCUT2D eigenvalue weighted by Crippen LogP contribution is 2.10. The van der Waals surface area contributed by atoms with Crippen LogP contribution in [-0.2, 0) is 4.79 Å². The van der Waals surface area contributed by atoms with Gasteiger partial charge in [0.1, 0.15) is 0 Å². The van der Waals surface area contributed by atoms with Crippen LogP contribution in [0, 0.1) is 0 Å². The Morgan fingerprint density at radius 2 is 2.31 bits per heavy atom. The molecule has 5 heteroatoms. The smallest absolute Gasteiger partial charge is 0.241 e. The van der Waals surface area contributed by atoms with Gasteiger partial charge in [-0.05, 0) is 20.3 Å². The van der Waals surface area contributed by atoms with E-state index in [-0.39, 0.29) is 11.9 Å². The Hall–Kier alpha value is -1.36. The number of nitrogens with zero attached hydrogens (tertiary/aromatic N) is 2. The number of nitrogens with two attached hydrogens (primary N) is 1. The van der Waals surface area contributed by atoms with Crippen LogP contribution in [0.3, 0.4) is 0 Å². The lowest BCUT2D eigenvalue weighted by Gasteiger charge is -2.09. The molecule has 1 atom stereocenters. The van der Waals surface area contributed by atoms with E-state index >= 15 is 0 Å². The third kappa shape index (κ3) is 3.34. The van der Waals surface area contributed by atoms with E-state index in [1.165, 1.54) is 0 Å². The van der Waals surface area contributed by atoms with Crippen molar-refractivity contribution in [2.24, 2.45) is 5.73 Å². The Labute approximate surface area is 96.0 Å². The average Bonchev–Trinajstić information content (AvgIpc) is 2.66. The summed E-state index contributed by atoms with van der Waals surface area (Å²) in [5.41, 5.74) is 6.40. The maximum atomic E-state index is 11.6. The van der Waals surface area contributed by atoms with Gasteiger partial charge in [0.05, 0.1) is 17.9 Å². The molecule has 0 spiro atoms. The highest BCUT2D eigenvalue weighted by atomic mass is 16.2. The summed E-state index contributed by atoms with van der Waals surface area (Å²) < 4.78 is 1.79. The monoisotopic (exact) mass is 224 g/mol. The highest BCUT2D eigenvalue weighted by Gasteiger charge is 2.13. The normalized spacial score (nSPS) is 12.8. The summed E-state index contributed by atoms with van der Waals surface area (Å²) in [4.78, 5) is 11.6. The quantitative estimate of drug-likeness (QED) is 0.796. The molecule has 5 nitrogen and oxygen atoms in total. The van der Waals surface area contributed by atoms with Crippen molar-refractivity contribution in [3.8, 4) is 0 Å². The lowest BCUT2D eigenvalue weighted by Crippen LogP contribution is -2.35. The Bertz CT molecular complexity index is 346. The van der Waals surface area contributed by atoms with E-state index < -0.39 is 6.04 Å².